The number of carbonyl (C=O) groups is 1. The van der Waals surface area contributed by atoms with E-state index in [4.69, 9.17) is 4.42 Å². The average molecular weight is 258 g/mol. The van der Waals surface area contributed by atoms with Crippen molar-refractivity contribution >= 4 is 11.7 Å². The van der Waals surface area contributed by atoms with E-state index in [2.05, 4.69) is 20.8 Å². The Morgan fingerprint density at radius 3 is 2.84 bits per heavy atom. The summed E-state index contributed by atoms with van der Waals surface area (Å²) in [7, 11) is 0. The van der Waals surface area contributed by atoms with Gasteiger partial charge in [-0.15, -0.1) is 10.2 Å². The molecule has 19 heavy (non-hydrogen) atoms. The predicted octanol–water partition coefficient (Wildman–Crippen LogP) is 1.57. The molecule has 0 radical (unpaired) electrons. The molecule has 0 unspecified atom stereocenters. The van der Waals surface area contributed by atoms with Gasteiger partial charge in [-0.25, -0.2) is 0 Å². The molecule has 6 nitrogen and oxygen atoms in total. The van der Waals surface area contributed by atoms with Crippen molar-refractivity contribution in [2.24, 2.45) is 0 Å². The molecule has 2 aromatic heterocycles. The monoisotopic (exact) mass is 258 g/mol. The third-order valence-electron chi connectivity index (χ3n) is 2.83. The van der Waals surface area contributed by atoms with Crippen LogP contribution in [0.15, 0.2) is 34.9 Å². The van der Waals surface area contributed by atoms with E-state index in [1.165, 1.54) is 0 Å². The van der Waals surface area contributed by atoms with E-state index in [-0.39, 0.29) is 5.91 Å². The average Bonchev–Trinajstić information content (AvgIpc) is 3.09. The van der Waals surface area contributed by atoms with Gasteiger partial charge in [0.25, 0.3) is 5.91 Å². The van der Waals surface area contributed by atoms with Gasteiger partial charge >= 0.3 is 0 Å². The van der Waals surface area contributed by atoms with Crippen LogP contribution in [0, 0.1) is 0 Å². The third kappa shape index (κ3) is 3.09. The molecule has 0 atom stereocenters. The van der Waals surface area contributed by atoms with Crippen LogP contribution in [0.1, 0.15) is 29.1 Å². The molecule has 1 aliphatic rings. The molecule has 2 heterocycles. The van der Waals surface area contributed by atoms with E-state index in [0.717, 1.165) is 18.6 Å². The largest absolute Gasteiger partial charge is 0.467 e. The second-order valence-corrected chi connectivity index (χ2v) is 4.48. The highest BCUT2D eigenvalue weighted by atomic mass is 16.3. The van der Waals surface area contributed by atoms with E-state index >= 15 is 0 Å². The van der Waals surface area contributed by atoms with Gasteiger partial charge in [0, 0.05) is 6.04 Å². The maximum Gasteiger partial charge on any atom is 0.272 e. The van der Waals surface area contributed by atoms with E-state index < -0.39 is 0 Å². The Morgan fingerprint density at radius 1 is 1.32 bits per heavy atom. The predicted molar refractivity (Wildman–Crippen MR) is 68.6 cm³/mol. The zero-order chi connectivity index (χ0) is 13.1. The molecule has 1 fully saturated rings. The topological polar surface area (TPSA) is 80.0 Å². The van der Waals surface area contributed by atoms with E-state index in [0.29, 0.717) is 24.1 Å². The Bertz CT molecular complexity index is 547. The number of aromatic nitrogens is 2. The van der Waals surface area contributed by atoms with E-state index in [1.807, 2.05) is 12.1 Å². The van der Waals surface area contributed by atoms with Crippen molar-refractivity contribution in [2.75, 3.05) is 5.32 Å². The first-order valence-corrected chi connectivity index (χ1v) is 6.22. The summed E-state index contributed by atoms with van der Waals surface area (Å²) >= 11 is 0. The van der Waals surface area contributed by atoms with Crippen LogP contribution in [0.5, 0.6) is 0 Å². The first-order chi connectivity index (χ1) is 9.31. The van der Waals surface area contributed by atoms with Crippen LogP contribution in [0.4, 0.5) is 5.82 Å². The standard InChI is InChI=1S/C13H14N4O2/c18-13(15-9-3-4-9)11-5-6-12(17-16-11)14-8-10-2-1-7-19-10/h1-2,5-7,9H,3-4,8H2,(H,14,17)(H,15,18). The van der Waals surface area contributed by atoms with Crippen LogP contribution < -0.4 is 10.6 Å². The first kappa shape index (κ1) is 11.7. The Hall–Kier alpha value is -2.37. The van der Waals surface area contributed by atoms with Gasteiger partial charge in [0.15, 0.2) is 5.69 Å². The van der Waals surface area contributed by atoms with Gasteiger partial charge in [-0.1, -0.05) is 0 Å². The molecule has 2 N–H and O–H groups in total. The lowest BCUT2D eigenvalue weighted by atomic mass is 10.3. The maximum absolute atomic E-state index is 11.7. The van der Waals surface area contributed by atoms with Crippen LogP contribution in [-0.4, -0.2) is 22.1 Å². The van der Waals surface area contributed by atoms with Gasteiger partial charge in [0.1, 0.15) is 11.6 Å². The smallest absolute Gasteiger partial charge is 0.272 e. The zero-order valence-corrected chi connectivity index (χ0v) is 10.3. The van der Waals surface area contributed by atoms with Crippen LogP contribution in [0.3, 0.4) is 0 Å². The van der Waals surface area contributed by atoms with Crippen molar-refractivity contribution in [1.29, 1.82) is 0 Å². The molecule has 1 amide bonds. The number of carbonyl (C=O) groups excluding carboxylic acids is 1. The summed E-state index contributed by atoms with van der Waals surface area (Å²) in [6, 6.07) is 7.42. The fraction of sp³-hybridized carbons (Fsp3) is 0.308. The summed E-state index contributed by atoms with van der Waals surface area (Å²) in [5.41, 5.74) is 0.343. The number of nitrogens with zero attached hydrogens (tertiary/aromatic N) is 2. The second kappa shape index (κ2) is 5.09. The molecular weight excluding hydrogens is 244 g/mol. The summed E-state index contributed by atoms with van der Waals surface area (Å²) in [6.07, 6.45) is 3.73. The molecule has 98 valence electrons. The summed E-state index contributed by atoms with van der Waals surface area (Å²) in [5, 5.41) is 13.8. The van der Waals surface area contributed by atoms with Gasteiger partial charge in [-0.3, -0.25) is 4.79 Å². The van der Waals surface area contributed by atoms with Gasteiger partial charge < -0.3 is 15.1 Å². The summed E-state index contributed by atoms with van der Waals surface area (Å²) in [5.74, 6) is 1.27. The Morgan fingerprint density at radius 2 is 2.21 bits per heavy atom. The Balaban J connectivity index is 1.57. The molecule has 3 rings (SSSR count). The normalized spacial score (nSPS) is 14.1. The van der Waals surface area contributed by atoms with Crippen molar-refractivity contribution in [3.05, 3.63) is 42.0 Å². The Kier molecular flexibility index (Phi) is 3.14. The summed E-state index contributed by atoms with van der Waals surface area (Å²) in [4.78, 5) is 11.7. The van der Waals surface area contributed by atoms with E-state index in [1.54, 1.807) is 18.4 Å². The lowest BCUT2D eigenvalue weighted by molar-refractivity contribution is 0.0945. The molecular formula is C13H14N4O2. The van der Waals surface area contributed by atoms with Gasteiger partial charge in [0.05, 0.1) is 12.8 Å². The fourth-order valence-corrected chi connectivity index (χ4v) is 1.63. The first-order valence-electron chi connectivity index (χ1n) is 6.22. The van der Waals surface area contributed by atoms with Crippen molar-refractivity contribution in [1.82, 2.24) is 15.5 Å². The third-order valence-corrected chi connectivity index (χ3v) is 2.83. The number of hydrogen-bond acceptors (Lipinski definition) is 5. The number of rotatable bonds is 5. The molecule has 2 aromatic rings. The van der Waals surface area contributed by atoms with Gasteiger partial charge in [-0.2, -0.15) is 0 Å². The van der Waals surface area contributed by atoms with Gasteiger partial charge in [0.2, 0.25) is 0 Å². The van der Waals surface area contributed by atoms with Crippen LogP contribution in [-0.2, 0) is 6.54 Å². The SMILES string of the molecule is O=C(NC1CC1)c1ccc(NCc2ccco2)nn1. The lowest BCUT2D eigenvalue weighted by Gasteiger charge is -2.04. The van der Waals surface area contributed by atoms with Crippen LogP contribution >= 0.6 is 0 Å². The molecule has 1 aliphatic carbocycles. The van der Waals surface area contributed by atoms with Crippen LogP contribution in [0.2, 0.25) is 0 Å². The van der Waals surface area contributed by atoms with Gasteiger partial charge in [-0.05, 0) is 37.1 Å². The number of furan rings is 1. The Labute approximate surface area is 110 Å². The minimum absolute atomic E-state index is 0.160. The highest BCUT2D eigenvalue weighted by molar-refractivity contribution is 5.92. The highest BCUT2D eigenvalue weighted by Gasteiger charge is 2.24. The molecule has 0 aromatic carbocycles. The number of nitrogens with one attached hydrogen (secondary N) is 2. The lowest BCUT2D eigenvalue weighted by Crippen LogP contribution is -2.26. The van der Waals surface area contributed by atoms with Crippen molar-refractivity contribution in [3.8, 4) is 0 Å². The van der Waals surface area contributed by atoms with E-state index in [9.17, 15) is 4.79 Å². The fourth-order valence-electron chi connectivity index (χ4n) is 1.63. The van der Waals surface area contributed by atoms with Crippen molar-refractivity contribution < 1.29 is 9.21 Å². The minimum Gasteiger partial charge on any atom is -0.467 e. The summed E-state index contributed by atoms with van der Waals surface area (Å²) < 4.78 is 5.19. The highest BCUT2D eigenvalue weighted by Crippen LogP contribution is 2.19. The van der Waals surface area contributed by atoms with Crippen molar-refractivity contribution in [3.63, 3.8) is 0 Å². The quantitative estimate of drug-likeness (QED) is 0.851. The molecule has 1 saturated carbocycles. The zero-order valence-electron chi connectivity index (χ0n) is 10.3. The number of amides is 1. The molecule has 0 saturated heterocycles. The molecule has 0 aliphatic heterocycles. The minimum atomic E-state index is -0.160. The second-order valence-electron chi connectivity index (χ2n) is 4.48. The molecule has 6 heteroatoms. The number of anilines is 1. The maximum atomic E-state index is 11.7. The molecule has 0 bridgehead atoms. The van der Waals surface area contributed by atoms with Crippen LogP contribution in [0.25, 0.3) is 0 Å². The van der Waals surface area contributed by atoms with Crippen molar-refractivity contribution in [2.45, 2.75) is 25.4 Å². The summed E-state index contributed by atoms with van der Waals surface area (Å²) in [6.45, 7) is 0.537. The molecule has 0 spiro atoms. The number of hydrogen-bond donors (Lipinski definition) is 2.